The molecule has 102 valence electrons. The summed E-state index contributed by atoms with van der Waals surface area (Å²) in [5.74, 6) is 0.106. The monoisotopic (exact) mass is 244 g/mol. The standard InChI is InChI=1S/C13H28N2O2/c1-4-7-9-14-13(16)11-15(10-8-5-2)12-17-6-3/h4-12H2,1-3H3,(H,14,16). The van der Waals surface area contributed by atoms with Crippen LogP contribution in [-0.4, -0.2) is 43.8 Å². The van der Waals surface area contributed by atoms with Crippen LogP contribution in [-0.2, 0) is 9.53 Å². The van der Waals surface area contributed by atoms with Gasteiger partial charge < -0.3 is 10.1 Å². The molecule has 17 heavy (non-hydrogen) atoms. The van der Waals surface area contributed by atoms with Crippen LogP contribution in [0.3, 0.4) is 0 Å². The molecular weight excluding hydrogens is 216 g/mol. The van der Waals surface area contributed by atoms with Crippen molar-refractivity contribution in [2.45, 2.75) is 46.5 Å². The Balaban J connectivity index is 3.81. The zero-order chi connectivity index (χ0) is 12.9. The first-order valence-corrected chi connectivity index (χ1v) is 6.81. The molecule has 0 atom stereocenters. The molecule has 0 saturated carbocycles. The van der Waals surface area contributed by atoms with Crippen molar-refractivity contribution in [1.29, 1.82) is 0 Å². The molecule has 0 aromatic carbocycles. The molecule has 0 aliphatic rings. The summed E-state index contributed by atoms with van der Waals surface area (Å²) in [5, 5.41) is 2.93. The van der Waals surface area contributed by atoms with E-state index in [0.29, 0.717) is 19.9 Å². The molecule has 0 rings (SSSR count). The normalized spacial score (nSPS) is 10.8. The van der Waals surface area contributed by atoms with E-state index in [1.807, 2.05) is 6.92 Å². The van der Waals surface area contributed by atoms with E-state index in [-0.39, 0.29) is 5.91 Å². The highest BCUT2D eigenvalue weighted by Gasteiger charge is 2.09. The summed E-state index contributed by atoms with van der Waals surface area (Å²) in [6.45, 7) is 9.65. The Bertz CT molecular complexity index is 178. The van der Waals surface area contributed by atoms with Crippen LogP contribution in [0, 0.1) is 0 Å². The van der Waals surface area contributed by atoms with Gasteiger partial charge in [0.15, 0.2) is 0 Å². The van der Waals surface area contributed by atoms with E-state index in [1.54, 1.807) is 0 Å². The first-order valence-electron chi connectivity index (χ1n) is 6.81. The summed E-state index contributed by atoms with van der Waals surface area (Å²) in [5.41, 5.74) is 0. The Morgan fingerprint density at radius 1 is 1.18 bits per heavy atom. The predicted molar refractivity (Wildman–Crippen MR) is 70.9 cm³/mol. The lowest BCUT2D eigenvalue weighted by molar-refractivity contribution is -0.123. The lowest BCUT2D eigenvalue weighted by Crippen LogP contribution is -2.39. The minimum Gasteiger partial charge on any atom is -0.366 e. The molecule has 1 amide bonds. The maximum atomic E-state index is 11.6. The molecule has 0 bridgehead atoms. The van der Waals surface area contributed by atoms with Crippen LogP contribution in [0.1, 0.15) is 46.5 Å². The third-order valence-corrected chi connectivity index (χ3v) is 2.53. The molecule has 0 fully saturated rings. The topological polar surface area (TPSA) is 41.6 Å². The summed E-state index contributed by atoms with van der Waals surface area (Å²) in [6.07, 6.45) is 4.40. The Kier molecular flexibility index (Phi) is 11.4. The number of ether oxygens (including phenoxy) is 1. The molecule has 0 unspecified atom stereocenters. The van der Waals surface area contributed by atoms with Gasteiger partial charge in [-0.2, -0.15) is 0 Å². The van der Waals surface area contributed by atoms with Crippen LogP contribution >= 0.6 is 0 Å². The third-order valence-electron chi connectivity index (χ3n) is 2.53. The lowest BCUT2D eigenvalue weighted by atomic mass is 10.3. The van der Waals surface area contributed by atoms with E-state index in [2.05, 4.69) is 24.1 Å². The number of nitrogens with zero attached hydrogens (tertiary/aromatic N) is 1. The van der Waals surface area contributed by atoms with Crippen molar-refractivity contribution in [3.8, 4) is 0 Å². The Labute approximate surface area is 106 Å². The number of rotatable bonds is 11. The smallest absolute Gasteiger partial charge is 0.234 e. The van der Waals surface area contributed by atoms with E-state index in [4.69, 9.17) is 4.74 Å². The highest BCUT2D eigenvalue weighted by Crippen LogP contribution is 1.95. The first kappa shape index (κ1) is 16.4. The number of unbranched alkanes of at least 4 members (excludes halogenated alkanes) is 2. The second kappa shape index (κ2) is 11.9. The van der Waals surface area contributed by atoms with Gasteiger partial charge in [-0.25, -0.2) is 0 Å². The maximum absolute atomic E-state index is 11.6. The molecule has 0 aromatic heterocycles. The minimum absolute atomic E-state index is 0.106. The average Bonchev–Trinajstić information content (AvgIpc) is 2.33. The van der Waals surface area contributed by atoms with Crippen molar-refractivity contribution < 1.29 is 9.53 Å². The molecule has 0 aromatic rings. The van der Waals surface area contributed by atoms with Gasteiger partial charge in [-0.1, -0.05) is 26.7 Å². The fraction of sp³-hybridized carbons (Fsp3) is 0.923. The van der Waals surface area contributed by atoms with E-state index < -0.39 is 0 Å². The summed E-state index contributed by atoms with van der Waals surface area (Å²) < 4.78 is 5.37. The van der Waals surface area contributed by atoms with Crippen LogP contribution in [0.15, 0.2) is 0 Å². The molecule has 0 heterocycles. The van der Waals surface area contributed by atoms with Crippen molar-refractivity contribution in [3.63, 3.8) is 0 Å². The molecule has 4 nitrogen and oxygen atoms in total. The average molecular weight is 244 g/mol. The van der Waals surface area contributed by atoms with E-state index in [1.165, 1.54) is 0 Å². The number of carbonyl (C=O) groups excluding carboxylic acids is 1. The molecular formula is C13H28N2O2. The predicted octanol–water partition coefficient (Wildman–Crippen LogP) is 2.00. The number of amides is 1. The van der Waals surface area contributed by atoms with Gasteiger partial charge in [-0.05, 0) is 19.8 Å². The molecule has 0 aliphatic heterocycles. The SMILES string of the molecule is CCCCNC(=O)CN(CCCC)COCC. The Morgan fingerprint density at radius 2 is 1.88 bits per heavy atom. The van der Waals surface area contributed by atoms with Gasteiger partial charge >= 0.3 is 0 Å². The van der Waals surface area contributed by atoms with Crippen molar-refractivity contribution in [2.24, 2.45) is 0 Å². The molecule has 0 radical (unpaired) electrons. The van der Waals surface area contributed by atoms with E-state index in [0.717, 1.165) is 38.8 Å². The Hall–Kier alpha value is -0.610. The Morgan fingerprint density at radius 3 is 2.47 bits per heavy atom. The largest absolute Gasteiger partial charge is 0.366 e. The van der Waals surface area contributed by atoms with Gasteiger partial charge in [0.1, 0.15) is 0 Å². The fourth-order valence-corrected chi connectivity index (χ4v) is 1.45. The van der Waals surface area contributed by atoms with Gasteiger partial charge in [0.05, 0.1) is 13.3 Å². The summed E-state index contributed by atoms with van der Waals surface area (Å²) in [4.78, 5) is 13.7. The van der Waals surface area contributed by atoms with Crippen molar-refractivity contribution in [1.82, 2.24) is 10.2 Å². The van der Waals surface area contributed by atoms with Gasteiger partial charge in [0, 0.05) is 19.7 Å². The lowest BCUT2D eigenvalue weighted by Gasteiger charge is -2.21. The maximum Gasteiger partial charge on any atom is 0.234 e. The number of nitrogens with one attached hydrogen (secondary N) is 1. The van der Waals surface area contributed by atoms with Gasteiger partial charge in [0.2, 0.25) is 5.91 Å². The first-order chi connectivity index (χ1) is 8.24. The number of carbonyl (C=O) groups is 1. The summed E-state index contributed by atoms with van der Waals surface area (Å²) in [6, 6.07) is 0. The van der Waals surface area contributed by atoms with Crippen molar-refractivity contribution >= 4 is 5.91 Å². The molecule has 0 spiro atoms. The third kappa shape index (κ3) is 10.3. The second-order valence-electron chi connectivity index (χ2n) is 4.23. The summed E-state index contributed by atoms with van der Waals surface area (Å²) in [7, 11) is 0. The zero-order valence-corrected chi connectivity index (χ0v) is 11.6. The molecule has 0 saturated heterocycles. The van der Waals surface area contributed by atoms with Gasteiger partial charge in [-0.3, -0.25) is 9.69 Å². The quantitative estimate of drug-likeness (QED) is 0.446. The molecule has 4 heteroatoms. The molecule has 1 N–H and O–H groups in total. The van der Waals surface area contributed by atoms with Gasteiger partial charge in [0.25, 0.3) is 0 Å². The number of hydrogen-bond acceptors (Lipinski definition) is 3. The fourth-order valence-electron chi connectivity index (χ4n) is 1.45. The van der Waals surface area contributed by atoms with Crippen LogP contribution in [0.5, 0.6) is 0 Å². The zero-order valence-electron chi connectivity index (χ0n) is 11.6. The highest BCUT2D eigenvalue weighted by molar-refractivity contribution is 5.77. The van der Waals surface area contributed by atoms with Gasteiger partial charge in [-0.15, -0.1) is 0 Å². The minimum atomic E-state index is 0.106. The van der Waals surface area contributed by atoms with Crippen LogP contribution in [0.2, 0.25) is 0 Å². The van der Waals surface area contributed by atoms with Crippen molar-refractivity contribution in [2.75, 3.05) is 33.0 Å². The van der Waals surface area contributed by atoms with Crippen molar-refractivity contribution in [3.05, 3.63) is 0 Å². The summed E-state index contributed by atoms with van der Waals surface area (Å²) >= 11 is 0. The van der Waals surface area contributed by atoms with Crippen LogP contribution in [0.4, 0.5) is 0 Å². The highest BCUT2D eigenvalue weighted by atomic mass is 16.5. The van der Waals surface area contributed by atoms with Crippen LogP contribution < -0.4 is 5.32 Å². The second-order valence-corrected chi connectivity index (χ2v) is 4.23. The van der Waals surface area contributed by atoms with Crippen LogP contribution in [0.25, 0.3) is 0 Å². The number of hydrogen-bond donors (Lipinski definition) is 1. The van der Waals surface area contributed by atoms with E-state index in [9.17, 15) is 4.79 Å². The van der Waals surface area contributed by atoms with E-state index >= 15 is 0 Å². The molecule has 0 aliphatic carbocycles.